The van der Waals surface area contributed by atoms with Crippen molar-refractivity contribution in [2.75, 3.05) is 5.73 Å². The highest BCUT2D eigenvalue weighted by molar-refractivity contribution is 7.89. The molecule has 0 aliphatic carbocycles. The van der Waals surface area contributed by atoms with Crippen molar-refractivity contribution in [3.63, 3.8) is 0 Å². The van der Waals surface area contributed by atoms with E-state index >= 15 is 0 Å². The summed E-state index contributed by atoms with van der Waals surface area (Å²) >= 11 is 13.2. The third kappa shape index (κ3) is 3.70. The molecule has 8 heteroatoms. The van der Waals surface area contributed by atoms with Gasteiger partial charge in [0.25, 0.3) is 0 Å². The van der Waals surface area contributed by atoms with E-state index in [1.54, 1.807) is 26.0 Å². The first-order valence-electron chi connectivity index (χ1n) is 6.04. The zero-order valence-electron chi connectivity index (χ0n) is 11.4. The van der Waals surface area contributed by atoms with Crippen LogP contribution in [-0.2, 0) is 10.0 Å². The molecular weight excluding hydrogens is 351 g/mol. The molecule has 1 atom stereocenters. The molecule has 0 spiro atoms. The molecule has 1 heterocycles. The van der Waals surface area contributed by atoms with Gasteiger partial charge in [-0.2, -0.15) is 0 Å². The summed E-state index contributed by atoms with van der Waals surface area (Å²) in [6.07, 6.45) is 0. The molecule has 0 aliphatic rings. The molecule has 4 nitrogen and oxygen atoms in total. The normalized spacial score (nSPS) is 13.3. The molecule has 1 aromatic carbocycles. The number of hydrogen-bond acceptors (Lipinski definition) is 4. The molecule has 0 radical (unpaired) electrons. The van der Waals surface area contributed by atoms with E-state index in [4.69, 9.17) is 28.9 Å². The van der Waals surface area contributed by atoms with Gasteiger partial charge in [0.1, 0.15) is 4.90 Å². The molecule has 2 rings (SSSR count). The summed E-state index contributed by atoms with van der Waals surface area (Å²) in [5.74, 6) is 0. The van der Waals surface area contributed by atoms with Crippen LogP contribution in [0.5, 0.6) is 0 Å². The summed E-state index contributed by atoms with van der Waals surface area (Å²) in [5.41, 5.74) is 6.88. The number of thiophene rings is 1. The van der Waals surface area contributed by atoms with Crippen molar-refractivity contribution in [1.29, 1.82) is 0 Å². The Morgan fingerprint density at radius 3 is 2.52 bits per heavy atom. The number of nitrogen functional groups attached to an aromatic ring is 1. The molecule has 1 aromatic heterocycles. The van der Waals surface area contributed by atoms with Crippen LogP contribution in [0.15, 0.2) is 29.2 Å². The fraction of sp³-hybridized carbons (Fsp3) is 0.231. The molecule has 1 unspecified atom stereocenters. The van der Waals surface area contributed by atoms with Crippen LogP contribution in [-0.4, -0.2) is 8.42 Å². The van der Waals surface area contributed by atoms with Crippen LogP contribution in [0.25, 0.3) is 0 Å². The third-order valence-corrected chi connectivity index (χ3v) is 6.38. The van der Waals surface area contributed by atoms with Crippen molar-refractivity contribution in [3.8, 4) is 0 Å². The average molecular weight is 365 g/mol. The Balaban J connectivity index is 2.32. The second-order valence-electron chi connectivity index (χ2n) is 4.62. The van der Waals surface area contributed by atoms with E-state index < -0.39 is 16.1 Å². The predicted octanol–water partition coefficient (Wildman–Crippen LogP) is 3.99. The van der Waals surface area contributed by atoms with Crippen LogP contribution >= 0.6 is 34.5 Å². The first-order valence-corrected chi connectivity index (χ1v) is 9.09. The quantitative estimate of drug-likeness (QED) is 0.805. The SMILES string of the molecule is Cc1cc(Cl)c(S(=O)(=O)NC(C)c2ccc(Cl)s2)cc1N. The van der Waals surface area contributed by atoms with Crippen LogP contribution in [0.4, 0.5) is 5.69 Å². The van der Waals surface area contributed by atoms with Gasteiger partial charge in [-0.25, -0.2) is 13.1 Å². The highest BCUT2D eigenvalue weighted by Crippen LogP contribution is 2.30. The molecule has 114 valence electrons. The number of benzene rings is 1. The second-order valence-corrected chi connectivity index (χ2v) is 8.46. The minimum absolute atomic E-state index is 0.0261. The van der Waals surface area contributed by atoms with Gasteiger partial charge < -0.3 is 5.73 Å². The monoisotopic (exact) mass is 364 g/mol. The van der Waals surface area contributed by atoms with E-state index in [0.717, 1.165) is 10.4 Å². The summed E-state index contributed by atoms with van der Waals surface area (Å²) in [7, 11) is -3.77. The molecule has 2 aromatic rings. The molecule has 0 amide bonds. The number of hydrogen-bond donors (Lipinski definition) is 2. The summed E-state index contributed by atoms with van der Waals surface area (Å²) in [6.45, 7) is 3.51. The highest BCUT2D eigenvalue weighted by atomic mass is 35.5. The van der Waals surface area contributed by atoms with Crippen molar-refractivity contribution in [2.24, 2.45) is 0 Å². The van der Waals surface area contributed by atoms with Crippen molar-refractivity contribution >= 4 is 50.2 Å². The molecule has 0 fully saturated rings. The molecular formula is C13H14Cl2N2O2S2. The fourth-order valence-electron chi connectivity index (χ4n) is 1.79. The van der Waals surface area contributed by atoms with E-state index in [9.17, 15) is 8.42 Å². The van der Waals surface area contributed by atoms with Gasteiger partial charge in [-0.1, -0.05) is 23.2 Å². The van der Waals surface area contributed by atoms with Crippen LogP contribution < -0.4 is 10.5 Å². The van der Waals surface area contributed by atoms with Crippen molar-refractivity contribution in [3.05, 3.63) is 44.1 Å². The summed E-state index contributed by atoms with van der Waals surface area (Å²) in [6, 6.07) is 6.01. The second kappa shape index (κ2) is 6.14. The van der Waals surface area contributed by atoms with Gasteiger partial charge in [0.15, 0.2) is 0 Å². The highest BCUT2D eigenvalue weighted by Gasteiger charge is 2.22. The van der Waals surface area contributed by atoms with Crippen LogP contribution in [0.1, 0.15) is 23.4 Å². The number of nitrogens with two attached hydrogens (primary N) is 1. The van der Waals surface area contributed by atoms with E-state index in [1.165, 1.54) is 23.5 Å². The molecule has 0 aliphatic heterocycles. The van der Waals surface area contributed by atoms with Crippen molar-refractivity contribution in [1.82, 2.24) is 4.72 Å². The maximum absolute atomic E-state index is 12.4. The van der Waals surface area contributed by atoms with Crippen molar-refractivity contribution < 1.29 is 8.42 Å². The molecule has 0 saturated heterocycles. The van der Waals surface area contributed by atoms with Gasteiger partial charge in [0, 0.05) is 10.6 Å². The lowest BCUT2D eigenvalue weighted by Crippen LogP contribution is -2.26. The fourth-order valence-corrected chi connectivity index (χ4v) is 4.77. The number of nitrogens with one attached hydrogen (secondary N) is 1. The lowest BCUT2D eigenvalue weighted by atomic mass is 10.2. The van der Waals surface area contributed by atoms with Crippen molar-refractivity contribution in [2.45, 2.75) is 24.8 Å². The van der Waals surface area contributed by atoms with E-state index in [0.29, 0.717) is 10.0 Å². The van der Waals surface area contributed by atoms with Crippen LogP contribution in [0, 0.1) is 6.92 Å². The minimum atomic E-state index is -3.77. The molecule has 0 saturated carbocycles. The van der Waals surface area contributed by atoms with Gasteiger partial charge >= 0.3 is 0 Å². The number of aryl methyl sites for hydroxylation is 1. The Morgan fingerprint density at radius 2 is 1.95 bits per heavy atom. The zero-order chi connectivity index (χ0) is 15.8. The number of halogens is 2. The largest absolute Gasteiger partial charge is 0.398 e. The summed E-state index contributed by atoms with van der Waals surface area (Å²) in [5, 5.41) is 0.144. The summed E-state index contributed by atoms with van der Waals surface area (Å²) in [4.78, 5) is 0.793. The van der Waals surface area contributed by atoms with Gasteiger partial charge in [-0.15, -0.1) is 11.3 Å². The maximum Gasteiger partial charge on any atom is 0.242 e. The zero-order valence-corrected chi connectivity index (χ0v) is 14.5. The van der Waals surface area contributed by atoms with Gasteiger partial charge in [0.2, 0.25) is 10.0 Å². The van der Waals surface area contributed by atoms with Crippen LogP contribution in [0.2, 0.25) is 9.36 Å². The first kappa shape index (κ1) is 16.6. The molecule has 3 N–H and O–H groups in total. The summed E-state index contributed by atoms with van der Waals surface area (Å²) < 4.78 is 28.0. The predicted molar refractivity (Wildman–Crippen MR) is 88.7 cm³/mol. The minimum Gasteiger partial charge on any atom is -0.398 e. The first-order chi connectivity index (χ1) is 9.70. The lowest BCUT2D eigenvalue weighted by molar-refractivity contribution is 0.568. The number of rotatable bonds is 4. The van der Waals surface area contributed by atoms with Gasteiger partial charge in [-0.05, 0) is 43.7 Å². The Kier molecular flexibility index (Phi) is 4.85. The average Bonchev–Trinajstić information content (AvgIpc) is 2.80. The smallest absolute Gasteiger partial charge is 0.242 e. The van der Waals surface area contributed by atoms with Gasteiger partial charge in [-0.3, -0.25) is 0 Å². The van der Waals surface area contributed by atoms with Crippen LogP contribution in [0.3, 0.4) is 0 Å². The standard InChI is InChI=1S/C13H14Cl2N2O2S2/c1-7-5-9(14)12(6-10(7)16)21(18,19)17-8(2)11-3-4-13(15)20-11/h3-6,8,17H,16H2,1-2H3. The Labute approximate surface area is 137 Å². The maximum atomic E-state index is 12.4. The number of anilines is 1. The topological polar surface area (TPSA) is 72.2 Å². The number of sulfonamides is 1. The Bertz CT molecular complexity index is 772. The van der Waals surface area contributed by atoms with E-state index in [2.05, 4.69) is 4.72 Å². The Morgan fingerprint density at radius 1 is 1.29 bits per heavy atom. The Hall–Kier alpha value is -0.790. The van der Waals surface area contributed by atoms with E-state index in [-0.39, 0.29) is 9.92 Å². The van der Waals surface area contributed by atoms with E-state index in [1.807, 2.05) is 0 Å². The third-order valence-electron chi connectivity index (χ3n) is 2.96. The lowest BCUT2D eigenvalue weighted by Gasteiger charge is -2.14. The molecule has 21 heavy (non-hydrogen) atoms. The van der Waals surface area contributed by atoms with Gasteiger partial charge in [0.05, 0.1) is 15.4 Å². The molecule has 0 bridgehead atoms.